The molecule has 3 atom stereocenters. The molecule has 3 unspecified atom stereocenters. The molecule has 0 radical (unpaired) electrons. The standard InChI is InChI=1S/C21H26FN5.HI/c1-23-21(25-13-16-12-18(16)15-6-3-2-4-7-15)26-17-9-11-27(14-17)20-19(22)8-5-10-24-20;/h2-8,10,16-18H,9,11-14H2,1H3,(H2,23,25,26);1H. The molecule has 0 bridgehead atoms. The number of aliphatic imine (C=N–C) groups is 1. The van der Waals surface area contributed by atoms with Gasteiger partial charge in [0.05, 0.1) is 0 Å². The number of nitrogens with one attached hydrogen (secondary N) is 2. The fourth-order valence-corrected chi connectivity index (χ4v) is 3.88. The molecule has 1 aromatic heterocycles. The number of rotatable bonds is 5. The highest BCUT2D eigenvalue weighted by Gasteiger charge is 2.38. The summed E-state index contributed by atoms with van der Waals surface area (Å²) in [4.78, 5) is 10.5. The van der Waals surface area contributed by atoms with E-state index in [-0.39, 0.29) is 35.8 Å². The lowest BCUT2D eigenvalue weighted by Crippen LogP contribution is -2.45. The van der Waals surface area contributed by atoms with E-state index in [1.165, 1.54) is 18.1 Å². The van der Waals surface area contributed by atoms with Gasteiger partial charge >= 0.3 is 0 Å². The minimum Gasteiger partial charge on any atom is -0.356 e. The highest BCUT2D eigenvalue weighted by atomic mass is 127. The van der Waals surface area contributed by atoms with E-state index < -0.39 is 0 Å². The van der Waals surface area contributed by atoms with Gasteiger partial charge < -0.3 is 15.5 Å². The van der Waals surface area contributed by atoms with Crippen molar-refractivity contribution in [1.82, 2.24) is 15.6 Å². The maximum Gasteiger partial charge on any atom is 0.191 e. The van der Waals surface area contributed by atoms with Gasteiger partial charge in [0.25, 0.3) is 0 Å². The van der Waals surface area contributed by atoms with E-state index in [0.29, 0.717) is 17.7 Å². The number of benzene rings is 1. The summed E-state index contributed by atoms with van der Waals surface area (Å²) in [6.07, 6.45) is 3.80. The van der Waals surface area contributed by atoms with Crippen molar-refractivity contribution in [1.29, 1.82) is 0 Å². The second-order valence-electron chi connectivity index (χ2n) is 7.35. The van der Waals surface area contributed by atoms with Gasteiger partial charge in [-0.1, -0.05) is 30.3 Å². The third-order valence-corrected chi connectivity index (χ3v) is 5.47. The highest BCUT2D eigenvalue weighted by Crippen LogP contribution is 2.46. The average Bonchev–Trinajstić information content (AvgIpc) is 3.34. The van der Waals surface area contributed by atoms with Crippen molar-refractivity contribution in [2.24, 2.45) is 10.9 Å². The molecule has 0 amide bonds. The monoisotopic (exact) mass is 495 g/mol. The van der Waals surface area contributed by atoms with E-state index in [9.17, 15) is 4.39 Å². The van der Waals surface area contributed by atoms with Crippen LogP contribution in [0.4, 0.5) is 10.2 Å². The maximum absolute atomic E-state index is 13.9. The van der Waals surface area contributed by atoms with E-state index in [1.54, 1.807) is 19.3 Å². The van der Waals surface area contributed by atoms with Crippen molar-refractivity contribution in [2.75, 3.05) is 31.6 Å². The predicted molar refractivity (Wildman–Crippen MR) is 122 cm³/mol. The van der Waals surface area contributed by atoms with Crippen molar-refractivity contribution in [3.8, 4) is 0 Å². The van der Waals surface area contributed by atoms with Crippen LogP contribution in [0.1, 0.15) is 24.3 Å². The Morgan fingerprint density at radius 2 is 2.07 bits per heavy atom. The molecule has 1 saturated carbocycles. The first-order chi connectivity index (χ1) is 13.2. The second-order valence-corrected chi connectivity index (χ2v) is 7.35. The summed E-state index contributed by atoms with van der Waals surface area (Å²) in [5.41, 5.74) is 1.43. The third-order valence-electron chi connectivity index (χ3n) is 5.47. The molecule has 4 rings (SSSR count). The van der Waals surface area contributed by atoms with Crippen LogP contribution in [0.2, 0.25) is 0 Å². The first-order valence-corrected chi connectivity index (χ1v) is 9.62. The molecule has 2 N–H and O–H groups in total. The van der Waals surface area contributed by atoms with Crippen molar-refractivity contribution in [3.05, 3.63) is 60.0 Å². The Labute approximate surface area is 182 Å². The van der Waals surface area contributed by atoms with Gasteiger partial charge in [0.1, 0.15) is 0 Å². The van der Waals surface area contributed by atoms with Crippen LogP contribution in [0.5, 0.6) is 0 Å². The molecular weight excluding hydrogens is 468 g/mol. The average molecular weight is 495 g/mol. The van der Waals surface area contributed by atoms with E-state index in [2.05, 4.69) is 50.9 Å². The molecular formula is C21H27FIN5. The lowest BCUT2D eigenvalue weighted by atomic mass is 10.1. The quantitative estimate of drug-likeness (QED) is 0.380. The summed E-state index contributed by atoms with van der Waals surface area (Å²) in [5, 5.41) is 6.92. The molecule has 150 valence electrons. The number of nitrogens with zero attached hydrogens (tertiary/aromatic N) is 3. The third kappa shape index (κ3) is 4.92. The summed E-state index contributed by atoms with van der Waals surface area (Å²) in [7, 11) is 1.79. The maximum atomic E-state index is 13.9. The Bertz CT molecular complexity index is 800. The highest BCUT2D eigenvalue weighted by molar-refractivity contribution is 14.0. The summed E-state index contributed by atoms with van der Waals surface area (Å²) >= 11 is 0. The number of halogens is 2. The molecule has 1 saturated heterocycles. The number of anilines is 1. The van der Waals surface area contributed by atoms with Gasteiger partial charge in [0.15, 0.2) is 17.6 Å². The van der Waals surface area contributed by atoms with Crippen LogP contribution in [0, 0.1) is 11.7 Å². The lowest BCUT2D eigenvalue weighted by molar-refractivity contribution is 0.611. The molecule has 1 aliphatic carbocycles. The molecule has 2 fully saturated rings. The summed E-state index contributed by atoms with van der Waals surface area (Å²) < 4.78 is 13.9. The Morgan fingerprint density at radius 1 is 1.25 bits per heavy atom. The second kappa shape index (κ2) is 9.54. The van der Waals surface area contributed by atoms with E-state index in [1.807, 2.05) is 4.90 Å². The van der Waals surface area contributed by atoms with E-state index in [4.69, 9.17) is 0 Å². The Kier molecular flexibility index (Phi) is 7.09. The van der Waals surface area contributed by atoms with Gasteiger partial charge in [-0.25, -0.2) is 9.37 Å². The Balaban J connectivity index is 0.00000225. The van der Waals surface area contributed by atoms with Gasteiger partial charge in [0.2, 0.25) is 0 Å². The molecule has 7 heteroatoms. The summed E-state index contributed by atoms with van der Waals surface area (Å²) in [6, 6.07) is 14.0. The van der Waals surface area contributed by atoms with Gasteiger partial charge in [-0.3, -0.25) is 4.99 Å². The lowest BCUT2D eigenvalue weighted by Gasteiger charge is -2.20. The van der Waals surface area contributed by atoms with Crippen LogP contribution in [0.15, 0.2) is 53.7 Å². The van der Waals surface area contributed by atoms with E-state index in [0.717, 1.165) is 32.0 Å². The van der Waals surface area contributed by atoms with Gasteiger partial charge in [-0.2, -0.15) is 0 Å². The fraction of sp³-hybridized carbons (Fsp3) is 0.429. The first kappa shape index (κ1) is 20.8. The van der Waals surface area contributed by atoms with Crippen LogP contribution in [0.25, 0.3) is 0 Å². The largest absolute Gasteiger partial charge is 0.356 e. The zero-order valence-electron chi connectivity index (χ0n) is 16.0. The molecule has 2 heterocycles. The molecule has 2 aliphatic rings. The van der Waals surface area contributed by atoms with Crippen molar-refractivity contribution in [2.45, 2.75) is 24.8 Å². The molecule has 1 aromatic carbocycles. The Morgan fingerprint density at radius 3 is 2.82 bits per heavy atom. The molecule has 1 aliphatic heterocycles. The first-order valence-electron chi connectivity index (χ1n) is 9.62. The van der Waals surface area contributed by atoms with Crippen LogP contribution < -0.4 is 15.5 Å². The van der Waals surface area contributed by atoms with E-state index >= 15 is 0 Å². The van der Waals surface area contributed by atoms with Crippen LogP contribution in [-0.2, 0) is 0 Å². The normalized spacial score (nSPS) is 23.9. The predicted octanol–water partition coefficient (Wildman–Crippen LogP) is 3.39. The topological polar surface area (TPSA) is 52.6 Å². The number of pyridine rings is 1. The molecule has 5 nitrogen and oxygen atoms in total. The summed E-state index contributed by atoms with van der Waals surface area (Å²) in [5.74, 6) is 2.32. The zero-order chi connectivity index (χ0) is 18.6. The van der Waals surface area contributed by atoms with Crippen molar-refractivity contribution in [3.63, 3.8) is 0 Å². The zero-order valence-corrected chi connectivity index (χ0v) is 18.3. The van der Waals surface area contributed by atoms with Gasteiger partial charge in [-0.05, 0) is 42.4 Å². The van der Waals surface area contributed by atoms with Crippen LogP contribution in [0.3, 0.4) is 0 Å². The SMILES string of the molecule is CN=C(NCC1CC1c1ccccc1)NC1CCN(c2ncccc2F)C1.I. The van der Waals surface area contributed by atoms with Crippen LogP contribution >= 0.6 is 24.0 Å². The van der Waals surface area contributed by atoms with Crippen molar-refractivity contribution < 1.29 is 4.39 Å². The number of aromatic nitrogens is 1. The Hall–Kier alpha value is -1.90. The number of hydrogen-bond acceptors (Lipinski definition) is 3. The molecule has 28 heavy (non-hydrogen) atoms. The number of hydrogen-bond donors (Lipinski definition) is 2. The van der Waals surface area contributed by atoms with Gasteiger partial charge in [-0.15, -0.1) is 24.0 Å². The van der Waals surface area contributed by atoms with Crippen molar-refractivity contribution >= 4 is 35.8 Å². The molecule has 2 aromatic rings. The number of guanidine groups is 1. The van der Waals surface area contributed by atoms with Crippen LogP contribution in [-0.4, -0.2) is 43.7 Å². The summed E-state index contributed by atoms with van der Waals surface area (Å²) in [6.45, 7) is 2.44. The smallest absolute Gasteiger partial charge is 0.191 e. The molecule has 0 spiro atoms. The minimum absolute atomic E-state index is 0. The fourth-order valence-electron chi connectivity index (χ4n) is 3.88. The minimum atomic E-state index is -0.263. The van der Waals surface area contributed by atoms with Gasteiger partial charge in [0, 0.05) is 38.9 Å².